The summed E-state index contributed by atoms with van der Waals surface area (Å²) in [7, 11) is -3.60. The largest absolute Gasteiger partial charge is 0.377 e. The zero-order valence-corrected chi connectivity index (χ0v) is 15.2. The van der Waals surface area contributed by atoms with Gasteiger partial charge in [0.25, 0.3) is 15.6 Å². The van der Waals surface area contributed by atoms with Crippen molar-refractivity contribution in [2.24, 2.45) is 4.99 Å². The first-order chi connectivity index (χ1) is 13.0. The molecule has 1 aromatic carbocycles. The Morgan fingerprint density at radius 3 is 2.78 bits per heavy atom. The van der Waals surface area contributed by atoms with Crippen LogP contribution in [-0.4, -0.2) is 43.3 Å². The Hall–Kier alpha value is -2.52. The summed E-state index contributed by atoms with van der Waals surface area (Å²) in [4.78, 5) is 17.2. The van der Waals surface area contributed by atoms with Crippen LogP contribution in [0.2, 0.25) is 0 Å². The highest BCUT2D eigenvalue weighted by Crippen LogP contribution is 2.38. The number of aromatic nitrogens is 2. The first-order valence-corrected chi connectivity index (χ1v) is 10.4. The van der Waals surface area contributed by atoms with Gasteiger partial charge >= 0.3 is 0 Å². The van der Waals surface area contributed by atoms with Crippen molar-refractivity contribution in [3.63, 3.8) is 0 Å². The average Bonchev–Trinajstić information content (AvgIpc) is 3.35. The van der Waals surface area contributed by atoms with E-state index in [1.165, 1.54) is 10.7 Å². The maximum Gasteiger partial charge on any atom is 0.267 e. The fourth-order valence-corrected chi connectivity index (χ4v) is 4.80. The molecule has 0 radical (unpaired) electrons. The normalized spacial score (nSPS) is 27.5. The molecule has 8 nitrogen and oxygen atoms in total. The molecule has 1 saturated carbocycles. The zero-order chi connectivity index (χ0) is 18.6. The lowest BCUT2D eigenvalue weighted by atomic mass is 10.1. The molecule has 2 unspecified atom stereocenters. The van der Waals surface area contributed by atoms with E-state index in [0.717, 1.165) is 18.5 Å². The highest BCUT2D eigenvalue weighted by molar-refractivity contribution is 7.90. The highest BCUT2D eigenvalue weighted by atomic mass is 32.2. The third-order valence-corrected chi connectivity index (χ3v) is 6.53. The van der Waals surface area contributed by atoms with Gasteiger partial charge in [-0.2, -0.15) is 5.10 Å². The Balaban J connectivity index is 1.52. The zero-order valence-electron chi connectivity index (χ0n) is 14.4. The Kier molecular flexibility index (Phi) is 3.70. The molecule has 9 heteroatoms. The Labute approximate surface area is 155 Å². The summed E-state index contributed by atoms with van der Waals surface area (Å²) in [5.41, 5.74) is 1.25. The van der Waals surface area contributed by atoms with Crippen molar-refractivity contribution in [1.82, 2.24) is 14.5 Å². The van der Waals surface area contributed by atoms with Gasteiger partial charge in [0, 0.05) is 17.5 Å². The smallest absolute Gasteiger partial charge is 0.267 e. The van der Waals surface area contributed by atoms with Gasteiger partial charge in [0.2, 0.25) is 0 Å². The van der Waals surface area contributed by atoms with E-state index in [0.29, 0.717) is 24.7 Å². The summed E-state index contributed by atoms with van der Waals surface area (Å²) >= 11 is 0. The quantitative estimate of drug-likeness (QED) is 0.841. The van der Waals surface area contributed by atoms with Crippen LogP contribution in [0.4, 0.5) is 0 Å². The van der Waals surface area contributed by atoms with Crippen LogP contribution in [-0.2, 0) is 14.8 Å². The molecule has 2 atom stereocenters. The molecule has 3 aliphatic rings. The second kappa shape index (κ2) is 6.00. The fraction of sp³-hybridized carbons (Fsp3) is 0.389. The second-order valence-corrected chi connectivity index (χ2v) is 8.72. The van der Waals surface area contributed by atoms with Gasteiger partial charge in [0.05, 0.1) is 23.8 Å². The Morgan fingerprint density at radius 1 is 1.15 bits per heavy atom. The molecule has 3 heterocycles. The van der Waals surface area contributed by atoms with E-state index in [4.69, 9.17) is 4.74 Å². The molecular weight excluding hydrogens is 368 g/mol. The van der Waals surface area contributed by atoms with Gasteiger partial charge in [0.1, 0.15) is 17.9 Å². The third-order valence-electron chi connectivity index (χ3n) is 5.13. The maximum atomic E-state index is 12.4. The van der Waals surface area contributed by atoms with Gasteiger partial charge in [0.15, 0.2) is 0 Å². The second-order valence-electron chi connectivity index (χ2n) is 7.07. The first-order valence-electron chi connectivity index (χ1n) is 8.90. The first kappa shape index (κ1) is 16.6. The molecule has 1 N–H and O–H groups in total. The van der Waals surface area contributed by atoms with Crippen LogP contribution < -0.4 is 10.3 Å². The number of amidine groups is 1. The molecule has 2 aliphatic heterocycles. The average molecular weight is 386 g/mol. The van der Waals surface area contributed by atoms with E-state index in [1.54, 1.807) is 30.3 Å². The van der Waals surface area contributed by atoms with Crippen molar-refractivity contribution < 1.29 is 13.2 Å². The molecule has 0 bridgehead atoms. The number of nitrogens with one attached hydrogen (secondary N) is 1. The van der Waals surface area contributed by atoms with Crippen molar-refractivity contribution in [1.29, 1.82) is 0 Å². The van der Waals surface area contributed by atoms with E-state index in [9.17, 15) is 13.2 Å². The molecule has 1 saturated heterocycles. The lowest BCUT2D eigenvalue weighted by Crippen LogP contribution is -2.34. The van der Waals surface area contributed by atoms with Crippen molar-refractivity contribution in [3.8, 4) is 0 Å². The number of nitrogens with zero attached hydrogens (tertiary/aromatic N) is 3. The number of benzene rings is 1. The predicted molar refractivity (Wildman–Crippen MR) is 97.4 cm³/mol. The van der Waals surface area contributed by atoms with Gasteiger partial charge < -0.3 is 4.74 Å². The van der Waals surface area contributed by atoms with Crippen LogP contribution in [0.15, 0.2) is 51.1 Å². The van der Waals surface area contributed by atoms with Crippen LogP contribution in [0.25, 0.3) is 0 Å². The molecule has 27 heavy (non-hydrogen) atoms. The highest BCUT2D eigenvalue weighted by Gasteiger charge is 2.36. The molecule has 5 rings (SSSR count). The van der Waals surface area contributed by atoms with Crippen LogP contribution in [0.3, 0.4) is 0 Å². The number of sulfonamides is 1. The van der Waals surface area contributed by atoms with E-state index in [2.05, 4.69) is 14.8 Å². The van der Waals surface area contributed by atoms with Crippen molar-refractivity contribution >= 4 is 15.9 Å². The van der Waals surface area contributed by atoms with Crippen LogP contribution in [0.1, 0.15) is 36.1 Å². The van der Waals surface area contributed by atoms with Gasteiger partial charge in [-0.15, -0.1) is 0 Å². The summed E-state index contributed by atoms with van der Waals surface area (Å²) in [5.74, 6) is 0.718. The molecule has 0 spiro atoms. The Bertz CT molecular complexity index is 1100. The topological polar surface area (TPSA) is 103 Å². The minimum absolute atomic E-state index is 0.201. The molecule has 140 valence electrons. The van der Waals surface area contributed by atoms with Gasteiger partial charge in [-0.3, -0.25) is 14.5 Å². The lowest BCUT2D eigenvalue weighted by Gasteiger charge is -2.17. The lowest BCUT2D eigenvalue weighted by molar-refractivity contribution is 0.182. The molecule has 2 fully saturated rings. The fourth-order valence-electron chi connectivity index (χ4n) is 3.56. The SMILES string of the molecule is O=c1ccc(C2CC2)nn1C1COCC1N=C1NS(=O)(=O)c2ccccc21. The number of aliphatic imine (C=N–C) groups is 1. The number of hydrogen-bond acceptors (Lipinski definition) is 6. The summed E-state index contributed by atoms with van der Waals surface area (Å²) in [5, 5.41) is 4.53. The summed E-state index contributed by atoms with van der Waals surface area (Å²) in [6.45, 7) is 0.622. The minimum Gasteiger partial charge on any atom is -0.377 e. The molecule has 2 aromatic rings. The minimum atomic E-state index is -3.60. The Morgan fingerprint density at radius 2 is 1.96 bits per heavy atom. The van der Waals surface area contributed by atoms with Crippen LogP contribution >= 0.6 is 0 Å². The van der Waals surface area contributed by atoms with Crippen molar-refractivity contribution in [2.75, 3.05) is 13.2 Å². The number of ether oxygens (including phenoxy) is 1. The van der Waals surface area contributed by atoms with Crippen molar-refractivity contribution in [3.05, 3.63) is 58.0 Å². The van der Waals surface area contributed by atoms with Crippen LogP contribution in [0, 0.1) is 0 Å². The van der Waals surface area contributed by atoms with E-state index in [1.807, 2.05) is 0 Å². The summed E-state index contributed by atoms with van der Waals surface area (Å²) < 4.78 is 34.1. The van der Waals surface area contributed by atoms with E-state index in [-0.39, 0.29) is 22.3 Å². The number of rotatable bonds is 3. The van der Waals surface area contributed by atoms with Gasteiger partial charge in [-0.05, 0) is 31.0 Å². The monoisotopic (exact) mass is 386 g/mol. The van der Waals surface area contributed by atoms with Gasteiger partial charge in [-0.1, -0.05) is 12.1 Å². The number of fused-ring (bicyclic) bond motifs is 1. The number of hydrogen-bond donors (Lipinski definition) is 1. The van der Waals surface area contributed by atoms with Crippen molar-refractivity contribution in [2.45, 2.75) is 35.7 Å². The van der Waals surface area contributed by atoms with E-state index < -0.39 is 16.1 Å². The third kappa shape index (κ3) is 2.87. The molecule has 1 aromatic heterocycles. The summed E-state index contributed by atoms with van der Waals surface area (Å²) in [6, 6.07) is 9.28. The van der Waals surface area contributed by atoms with Gasteiger partial charge in [-0.25, -0.2) is 13.1 Å². The molecular formula is C18H18N4O4S. The van der Waals surface area contributed by atoms with Crippen LogP contribution in [0.5, 0.6) is 0 Å². The predicted octanol–water partition coefficient (Wildman–Crippen LogP) is 0.799. The standard InChI is InChI=1S/C18H18N4O4S/c23-17-8-7-13(11-5-6-11)20-22(17)15-10-26-9-14(15)19-18-12-3-1-2-4-16(12)27(24,25)21-18/h1-4,7-8,11,14-15H,5-6,9-10H2,(H,19,21). The van der Waals surface area contributed by atoms with E-state index >= 15 is 0 Å². The maximum absolute atomic E-state index is 12.4. The summed E-state index contributed by atoms with van der Waals surface area (Å²) in [6.07, 6.45) is 2.19. The molecule has 0 amide bonds. The molecule has 1 aliphatic carbocycles.